The molecule has 0 amide bonds. The molecule has 56 valence electrons. The Bertz CT molecular complexity index is 170. The summed E-state index contributed by atoms with van der Waals surface area (Å²) in [7, 11) is 0. The van der Waals surface area contributed by atoms with Gasteiger partial charge in [0.15, 0.2) is 0 Å². The van der Waals surface area contributed by atoms with E-state index in [2.05, 4.69) is 0 Å². The van der Waals surface area contributed by atoms with Gasteiger partial charge in [0.05, 0.1) is 0 Å². The highest BCUT2D eigenvalue weighted by Gasteiger charge is 2.34. The van der Waals surface area contributed by atoms with Gasteiger partial charge in [-0.2, -0.15) is 0 Å². The maximum Gasteiger partial charge on any atom is 0.321 e. The predicted molar refractivity (Wildman–Crippen MR) is 38.2 cm³/mol. The second-order valence-electron chi connectivity index (χ2n) is 2.40. The number of cyclic esters (lactones) is 1. The van der Waals surface area contributed by atoms with Crippen molar-refractivity contribution in [2.75, 3.05) is 0 Å². The molecule has 1 rings (SSSR count). The van der Waals surface area contributed by atoms with E-state index < -0.39 is 0 Å². The van der Waals surface area contributed by atoms with E-state index in [9.17, 15) is 4.79 Å². The van der Waals surface area contributed by atoms with E-state index >= 15 is 0 Å². The quantitative estimate of drug-likeness (QED) is 0.547. The van der Waals surface area contributed by atoms with Crippen LogP contribution in [0.25, 0.3) is 0 Å². The van der Waals surface area contributed by atoms with E-state index in [0.717, 1.165) is 18.6 Å². The Morgan fingerprint density at radius 1 is 1.60 bits per heavy atom. The maximum absolute atomic E-state index is 10.7. The van der Waals surface area contributed by atoms with Gasteiger partial charge in [-0.25, -0.2) is 0 Å². The van der Waals surface area contributed by atoms with Crippen molar-refractivity contribution >= 4 is 5.97 Å². The van der Waals surface area contributed by atoms with E-state index in [0.29, 0.717) is 0 Å². The van der Waals surface area contributed by atoms with Gasteiger partial charge in [0.2, 0.25) is 0 Å². The molecule has 0 aromatic heterocycles. The lowest BCUT2D eigenvalue weighted by atomic mass is 9.99. The van der Waals surface area contributed by atoms with Crippen molar-refractivity contribution in [3.8, 4) is 0 Å². The van der Waals surface area contributed by atoms with Crippen molar-refractivity contribution in [3.05, 3.63) is 11.8 Å². The lowest BCUT2D eigenvalue weighted by Crippen LogP contribution is -2.31. The second-order valence-corrected chi connectivity index (χ2v) is 2.40. The Kier molecular flexibility index (Phi) is 2.10. The van der Waals surface area contributed by atoms with Crippen molar-refractivity contribution in [1.29, 1.82) is 0 Å². The molecule has 0 aliphatic carbocycles. The average molecular weight is 140 g/mol. The van der Waals surface area contributed by atoms with E-state index in [1.807, 2.05) is 19.9 Å². The second kappa shape index (κ2) is 2.86. The topological polar surface area (TPSA) is 26.3 Å². The summed E-state index contributed by atoms with van der Waals surface area (Å²) in [6, 6.07) is 0. The van der Waals surface area contributed by atoms with E-state index in [1.165, 1.54) is 0 Å². The monoisotopic (exact) mass is 140 g/mol. The molecule has 1 saturated heterocycles. The smallest absolute Gasteiger partial charge is 0.321 e. The third-order valence-electron chi connectivity index (χ3n) is 1.66. The SMILES string of the molecule is CCC=C1OC(=O)C1CC. The molecule has 2 nitrogen and oxygen atoms in total. The molecule has 0 bridgehead atoms. The first-order valence-electron chi connectivity index (χ1n) is 3.71. The molecule has 2 heteroatoms. The van der Waals surface area contributed by atoms with Crippen LogP contribution in [-0.2, 0) is 9.53 Å². The predicted octanol–water partition coefficient (Wildman–Crippen LogP) is 1.86. The fourth-order valence-electron chi connectivity index (χ4n) is 1.07. The summed E-state index contributed by atoms with van der Waals surface area (Å²) in [5.41, 5.74) is 0. The molecule has 1 aliphatic heterocycles. The van der Waals surface area contributed by atoms with Crippen LogP contribution < -0.4 is 0 Å². The molecule has 0 spiro atoms. The van der Waals surface area contributed by atoms with Gasteiger partial charge in [-0.1, -0.05) is 13.8 Å². The first kappa shape index (κ1) is 7.32. The van der Waals surface area contributed by atoms with Crippen LogP contribution in [0, 0.1) is 5.92 Å². The number of carbonyl (C=O) groups is 1. The largest absolute Gasteiger partial charge is 0.430 e. The fraction of sp³-hybridized carbons (Fsp3) is 0.625. The van der Waals surface area contributed by atoms with Gasteiger partial charge in [-0.05, 0) is 18.9 Å². The normalized spacial score (nSPS) is 28.0. The molecular formula is C8H12O2. The number of hydrogen-bond acceptors (Lipinski definition) is 2. The highest BCUT2D eigenvalue weighted by atomic mass is 16.6. The molecule has 1 fully saturated rings. The molecule has 0 radical (unpaired) electrons. The summed E-state index contributed by atoms with van der Waals surface area (Å²) >= 11 is 0. The van der Waals surface area contributed by atoms with Crippen molar-refractivity contribution in [2.24, 2.45) is 5.92 Å². The van der Waals surface area contributed by atoms with Crippen molar-refractivity contribution in [2.45, 2.75) is 26.7 Å². The van der Waals surface area contributed by atoms with Crippen molar-refractivity contribution < 1.29 is 9.53 Å². The van der Waals surface area contributed by atoms with Crippen LogP contribution in [-0.4, -0.2) is 5.97 Å². The zero-order valence-corrected chi connectivity index (χ0v) is 6.39. The third-order valence-corrected chi connectivity index (χ3v) is 1.66. The number of allylic oxidation sites excluding steroid dienone is 1. The number of hydrogen-bond donors (Lipinski definition) is 0. The summed E-state index contributed by atoms with van der Waals surface area (Å²) in [6.45, 7) is 4.03. The Balaban J connectivity index is 2.53. The molecule has 0 aromatic rings. The maximum atomic E-state index is 10.7. The van der Waals surface area contributed by atoms with Gasteiger partial charge in [-0.15, -0.1) is 0 Å². The summed E-state index contributed by atoms with van der Waals surface area (Å²) < 4.78 is 4.81. The highest BCUT2D eigenvalue weighted by Crippen LogP contribution is 2.29. The number of esters is 1. The van der Waals surface area contributed by atoms with Gasteiger partial charge >= 0.3 is 5.97 Å². The number of rotatable bonds is 2. The standard InChI is InChI=1S/C8H12O2/c1-3-5-7-6(4-2)8(9)10-7/h5-6H,3-4H2,1-2H3. The molecular weight excluding hydrogens is 128 g/mol. The van der Waals surface area contributed by atoms with Crippen LogP contribution in [0.1, 0.15) is 26.7 Å². The lowest BCUT2D eigenvalue weighted by Gasteiger charge is -2.26. The van der Waals surface area contributed by atoms with Crippen LogP contribution in [0.15, 0.2) is 11.8 Å². The minimum atomic E-state index is -0.0674. The summed E-state index contributed by atoms with van der Waals surface area (Å²) in [5, 5.41) is 0. The highest BCUT2D eigenvalue weighted by molar-refractivity contribution is 5.82. The van der Waals surface area contributed by atoms with Crippen molar-refractivity contribution in [1.82, 2.24) is 0 Å². The molecule has 0 aromatic carbocycles. The summed E-state index contributed by atoms with van der Waals surface area (Å²) in [5.74, 6) is 0.872. The zero-order chi connectivity index (χ0) is 7.56. The van der Waals surface area contributed by atoms with E-state index in [4.69, 9.17) is 4.74 Å². The summed E-state index contributed by atoms with van der Waals surface area (Å²) in [4.78, 5) is 10.7. The van der Waals surface area contributed by atoms with Gasteiger partial charge in [0.25, 0.3) is 0 Å². The first-order valence-corrected chi connectivity index (χ1v) is 3.71. The molecule has 1 heterocycles. The Morgan fingerprint density at radius 3 is 2.70 bits per heavy atom. The molecule has 0 N–H and O–H groups in total. The van der Waals surface area contributed by atoms with Crippen LogP contribution >= 0.6 is 0 Å². The lowest BCUT2D eigenvalue weighted by molar-refractivity contribution is -0.157. The van der Waals surface area contributed by atoms with Gasteiger partial charge in [-0.3, -0.25) is 4.79 Å². The minimum Gasteiger partial charge on any atom is -0.430 e. The Labute approximate surface area is 60.9 Å². The van der Waals surface area contributed by atoms with Crippen molar-refractivity contribution in [3.63, 3.8) is 0 Å². The van der Waals surface area contributed by atoms with Crippen LogP contribution in [0.5, 0.6) is 0 Å². The Hall–Kier alpha value is -0.790. The van der Waals surface area contributed by atoms with Crippen LogP contribution in [0.3, 0.4) is 0 Å². The number of ether oxygens (including phenoxy) is 1. The Morgan fingerprint density at radius 2 is 2.30 bits per heavy atom. The molecule has 10 heavy (non-hydrogen) atoms. The van der Waals surface area contributed by atoms with Gasteiger partial charge in [0.1, 0.15) is 11.7 Å². The van der Waals surface area contributed by atoms with Gasteiger partial charge in [0, 0.05) is 0 Å². The first-order chi connectivity index (χ1) is 4.79. The van der Waals surface area contributed by atoms with Crippen LogP contribution in [0.4, 0.5) is 0 Å². The molecule has 1 atom stereocenters. The van der Waals surface area contributed by atoms with E-state index in [1.54, 1.807) is 0 Å². The third kappa shape index (κ3) is 1.06. The summed E-state index contributed by atoms with van der Waals surface area (Å²) in [6.07, 6.45) is 3.78. The van der Waals surface area contributed by atoms with Crippen LogP contribution in [0.2, 0.25) is 0 Å². The average Bonchev–Trinajstić information content (AvgIpc) is 1.88. The van der Waals surface area contributed by atoms with E-state index in [-0.39, 0.29) is 11.9 Å². The van der Waals surface area contributed by atoms with Gasteiger partial charge < -0.3 is 4.74 Å². The minimum absolute atomic E-state index is 0.0674. The number of carbonyl (C=O) groups excluding carboxylic acids is 1. The molecule has 1 unspecified atom stereocenters. The fourth-order valence-corrected chi connectivity index (χ4v) is 1.07. The molecule has 1 aliphatic rings. The zero-order valence-electron chi connectivity index (χ0n) is 6.39. The molecule has 0 saturated carbocycles.